The largest absolute Gasteiger partial charge is 0.371 e. The molecule has 1 aromatic carbocycles. The van der Waals surface area contributed by atoms with Crippen LogP contribution in [0.3, 0.4) is 0 Å². The predicted octanol–water partition coefficient (Wildman–Crippen LogP) is 2.90. The highest BCUT2D eigenvalue weighted by Gasteiger charge is 2.22. The van der Waals surface area contributed by atoms with Crippen molar-refractivity contribution in [3.05, 3.63) is 47.3 Å². The summed E-state index contributed by atoms with van der Waals surface area (Å²) < 4.78 is 7.66. The predicted molar refractivity (Wildman–Crippen MR) is 97.8 cm³/mol. The summed E-state index contributed by atoms with van der Waals surface area (Å²) in [6, 6.07) is 8.26. The average molecular weight is 354 g/mol. The number of aromatic nitrogens is 3. The number of hydrogen-bond acceptors (Lipinski definition) is 4. The molecular formula is C20H26N4O2. The van der Waals surface area contributed by atoms with Crippen molar-refractivity contribution in [2.75, 3.05) is 13.2 Å². The second-order valence-electron chi connectivity index (χ2n) is 7.35. The molecule has 6 heteroatoms. The zero-order chi connectivity index (χ0) is 17.8. The molecule has 1 saturated carbocycles. The Hall–Kier alpha value is -2.21. The van der Waals surface area contributed by atoms with E-state index in [1.165, 1.54) is 43.2 Å². The molecule has 1 N–H and O–H groups in total. The van der Waals surface area contributed by atoms with Crippen LogP contribution in [0.1, 0.15) is 59.8 Å². The molecule has 4 rings (SSSR count). The van der Waals surface area contributed by atoms with Gasteiger partial charge in [-0.25, -0.2) is 0 Å². The smallest absolute Gasteiger partial charge is 0.273 e. The Morgan fingerprint density at radius 3 is 2.96 bits per heavy atom. The van der Waals surface area contributed by atoms with Gasteiger partial charge in [-0.3, -0.25) is 9.48 Å². The van der Waals surface area contributed by atoms with Crippen LogP contribution in [-0.2, 0) is 17.7 Å². The number of rotatable bonds is 5. The van der Waals surface area contributed by atoms with Crippen LogP contribution in [0.2, 0.25) is 0 Å². The fourth-order valence-corrected chi connectivity index (χ4v) is 4.05. The van der Waals surface area contributed by atoms with E-state index in [2.05, 4.69) is 27.8 Å². The summed E-state index contributed by atoms with van der Waals surface area (Å²) in [6.07, 6.45) is 9.04. The van der Waals surface area contributed by atoms with Crippen molar-refractivity contribution in [2.24, 2.45) is 5.92 Å². The summed E-state index contributed by atoms with van der Waals surface area (Å²) >= 11 is 0. The molecule has 1 fully saturated rings. The van der Waals surface area contributed by atoms with Gasteiger partial charge in [0, 0.05) is 13.1 Å². The molecule has 1 aromatic heterocycles. The first-order chi connectivity index (χ1) is 12.8. The van der Waals surface area contributed by atoms with Crippen LogP contribution in [0.25, 0.3) is 0 Å². The van der Waals surface area contributed by atoms with Crippen molar-refractivity contribution >= 4 is 5.91 Å². The molecule has 2 aromatic rings. The standard InChI is InChI=1S/C20H26N4O2/c25-20(18-14-24(23-22-18)13-15-6-2-1-3-7-15)21-12-19-17-9-5-4-8-16(17)10-11-26-19/h4-5,8-9,14-15,19H,1-3,6-7,10-13H2,(H,21,25). The van der Waals surface area contributed by atoms with Crippen LogP contribution in [-0.4, -0.2) is 34.1 Å². The molecule has 0 bridgehead atoms. The Bertz CT molecular complexity index is 752. The maximum Gasteiger partial charge on any atom is 0.273 e. The maximum absolute atomic E-state index is 12.4. The van der Waals surface area contributed by atoms with Gasteiger partial charge in [0.2, 0.25) is 0 Å². The highest BCUT2D eigenvalue weighted by Crippen LogP contribution is 2.26. The normalized spacial score (nSPS) is 20.5. The topological polar surface area (TPSA) is 69.0 Å². The van der Waals surface area contributed by atoms with E-state index in [-0.39, 0.29) is 12.0 Å². The second kappa shape index (κ2) is 7.99. The molecule has 1 unspecified atom stereocenters. The van der Waals surface area contributed by atoms with Gasteiger partial charge in [0.25, 0.3) is 5.91 Å². The van der Waals surface area contributed by atoms with Gasteiger partial charge < -0.3 is 10.1 Å². The zero-order valence-corrected chi connectivity index (χ0v) is 15.1. The molecule has 1 aliphatic carbocycles. The number of benzene rings is 1. The summed E-state index contributed by atoms with van der Waals surface area (Å²) in [7, 11) is 0. The molecule has 138 valence electrons. The van der Waals surface area contributed by atoms with E-state index < -0.39 is 0 Å². The van der Waals surface area contributed by atoms with Gasteiger partial charge in [0.05, 0.1) is 12.8 Å². The molecule has 2 aliphatic rings. The monoisotopic (exact) mass is 354 g/mol. The summed E-state index contributed by atoms with van der Waals surface area (Å²) in [5.41, 5.74) is 2.85. The second-order valence-corrected chi connectivity index (χ2v) is 7.35. The van der Waals surface area contributed by atoms with Gasteiger partial charge in [-0.1, -0.05) is 48.7 Å². The van der Waals surface area contributed by atoms with Crippen molar-refractivity contribution in [3.8, 4) is 0 Å². The first-order valence-electron chi connectivity index (χ1n) is 9.67. The van der Waals surface area contributed by atoms with Crippen molar-refractivity contribution in [2.45, 2.75) is 51.2 Å². The minimum Gasteiger partial charge on any atom is -0.371 e. The van der Waals surface area contributed by atoms with Crippen molar-refractivity contribution in [3.63, 3.8) is 0 Å². The summed E-state index contributed by atoms with van der Waals surface area (Å²) in [6.45, 7) is 2.00. The van der Waals surface area contributed by atoms with E-state index >= 15 is 0 Å². The zero-order valence-electron chi connectivity index (χ0n) is 15.1. The average Bonchev–Trinajstić information content (AvgIpc) is 3.15. The lowest BCUT2D eigenvalue weighted by Crippen LogP contribution is -2.32. The van der Waals surface area contributed by atoms with Crippen molar-refractivity contribution in [1.29, 1.82) is 0 Å². The Morgan fingerprint density at radius 2 is 2.08 bits per heavy atom. The molecule has 1 amide bonds. The highest BCUT2D eigenvalue weighted by molar-refractivity contribution is 5.91. The number of carbonyl (C=O) groups is 1. The van der Waals surface area contributed by atoms with Gasteiger partial charge in [0.1, 0.15) is 6.10 Å². The van der Waals surface area contributed by atoms with E-state index in [0.717, 1.165) is 13.0 Å². The molecular weight excluding hydrogens is 328 g/mol. The Morgan fingerprint density at radius 1 is 1.23 bits per heavy atom. The van der Waals surface area contributed by atoms with E-state index in [4.69, 9.17) is 4.74 Å². The van der Waals surface area contributed by atoms with Crippen LogP contribution in [0, 0.1) is 5.92 Å². The third-order valence-corrected chi connectivity index (χ3v) is 5.48. The first-order valence-corrected chi connectivity index (χ1v) is 9.67. The molecule has 2 heterocycles. The lowest BCUT2D eigenvalue weighted by Gasteiger charge is -2.26. The molecule has 0 spiro atoms. The van der Waals surface area contributed by atoms with Crippen molar-refractivity contribution in [1.82, 2.24) is 20.3 Å². The van der Waals surface area contributed by atoms with Crippen LogP contribution in [0.15, 0.2) is 30.5 Å². The van der Waals surface area contributed by atoms with Gasteiger partial charge in [-0.15, -0.1) is 5.10 Å². The van der Waals surface area contributed by atoms with Crippen LogP contribution in [0.4, 0.5) is 0 Å². The van der Waals surface area contributed by atoms with Gasteiger partial charge in [-0.2, -0.15) is 0 Å². The summed E-state index contributed by atoms with van der Waals surface area (Å²) in [5.74, 6) is 0.472. The third kappa shape index (κ3) is 3.96. The number of carbonyl (C=O) groups excluding carboxylic acids is 1. The Labute approximate surface area is 153 Å². The molecule has 26 heavy (non-hydrogen) atoms. The Kier molecular flexibility index (Phi) is 5.29. The minimum absolute atomic E-state index is 0.0961. The number of ether oxygens (including phenoxy) is 1. The minimum atomic E-state index is -0.188. The number of amides is 1. The van der Waals surface area contributed by atoms with Gasteiger partial charge in [-0.05, 0) is 36.3 Å². The molecule has 0 radical (unpaired) electrons. The van der Waals surface area contributed by atoms with E-state index in [9.17, 15) is 4.79 Å². The quantitative estimate of drug-likeness (QED) is 0.896. The van der Waals surface area contributed by atoms with Crippen molar-refractivity contribution < 1.29 is 9.53 Å². The van der Waals surface area contributed by atoms with E-state index in [1.807, 2.05) is 16.8 Å². The van der Waals surface area contributed by atoms with Crippen LogP contribution >= 0.6 is 0 Å². The molecule has 0 saturated heterocycles. The number of hydrogen-bond donors (Lipinski definition) is 1. The van der Waals surface area contributed by atoms with Crippen LogP contribution < -0.4 is 5.32 Å². The number of fused-ring (bicyclic) bond motifs is 1. The summed E-state index contributed by atoms with van der Waals surface area (Å²) in [4.78, 5) is 12.4. The fraction of sp³-hybridized carbons (Fsp3) is 0.550. The van der Waals surface area contributed by atoms with Crippen LogP contribution in [0.5, 0.6) is 0 Å². The first kappa shape index (κ1) is 17.2. The fourth-order valence-electron chi connectivity index (χ4n) is 4.05. The molecule has 1 atom stereocenters. The highest BCUT2D eigenvalue weighted by atomic mass is 16.5. The van der Waals surface area contributed by atoms with Gasteiger partial charge in [0.15, 0.2) is 5.69 Å². The SMILES string of the molecule is O=C(NCC1OCCc2ccccc21)c1cn(CC2CCCCC2)nn1. The third-order valence-electron chi connectivity index (χ3n) is 5.48. The molecule has 1 aliphatic heterocycles. The lowest BCUT2D eigenvalue weighted by atomic mass is 9.89. The number of nitrogens with zero attached hydrogens (tertiary/aromatic N) is 3. The Balaban J connectivity index is 1.33. The van der Waals surface area contributed by atoms with E-state index in [0.29, 0.717) is 24.8 Å². The maximum atomic E-state index is 12.4. The summed E-state index contributed by atoms with van der Waals surface area (Å²) in [5, 5.41) is 11.1. The van der Waals surface area contributed by atoms with E-state index in [1.54, 1.807) is 6.20 Å². The lowest BCUT2D eigenvalue weighted by molar-refractivity contribution is 0.0411. The van der Waals surface area contributed by atoms with Gasteiger partial charge >= 0.3 is 0 Å². The number of nitrogens with one attached hydrogen (secondary N) is 1. The molecule has 6 nitrogen and oxygen atoms in total.